The molecule has 0 radical (unpaired) electrons. The van der Waals surface area contributed by atoms with Crippen LogP contribution in [0, 0.1) is 17.8 Å². The van der Waals surface area contributed by atoms with Crippen LogP contribution in [0.5, 0.6) is 0 Å². The number of nitrogens with one attached hydrogen (secondary N) is 1. The normalized spacial score (nSPS) is 31.5. The van der Waals surface area contributed by atoms with Crippen LogP contribution in [0.25, 0.3) is 0 Å². The minimum atomic E-state index is 0.234. The molecule has 0 aromatic carbocycles. The number of hydrogen-bond acceptors (Lipinski definition) is 5. The molecule has 4 unspecified atom stereocenters. The minimum Gasteiger partial charge on any atom is -0.383 e. The second kappa shape index (κ2) is 4.30. The lowest BCUT2D eigenvalue weighted by molar-refractivity contribution is 0.304. The Morgan fingerprint density at radius 1 is 1.28 bits per heavy atom. The first-order valence-corrected chi connectivity index (χ1v) is 6.78. The highest BCUT2D eigenvalue weighted by Crippen LogP contribution is 2.49. The van der Waals surface area contributed by atoms with Gasteiger partial charge in [0.25, 0.3) is 0 Å². The molecule has 0 saturated heterocycles. The molecule has 5 N–H and O–H groups in total. The highest BCUT2D eigenvalue weighted by atomic mass is 15.1. The van der Waals surface area contributed by atoms with Gasteiger partial charge in [0.15, 0.2) is 0 Å². The number of fused-ring (bicyclic) bond motifs is 2. The van der Waals surface area contributed by atoms with Gasteiger partial charge in [0.05, 0.1) is 0 Å². The molecule has 4 atom stereocenters. The van der Waals surface area contributed by atoms with E-state index in [0.29, 0.717) is 11.9 Å². The van der Waals surface area contributed by atoms with Gasteiger partial charge in [-0.3, -0.25) is 0 Å². The maximum atomic E-state index is 5.68. The molecule has 2 aliphatic carbocycles. The smallest absolute Gasteiger partial charge is 0.223 e. The molecule has 98 valence electrons. The Balaban J connectivity index is 1.68. The summed E-state index contributed by atoms with van der Waals surface area (Å²) in [4.78, 5) is 8.06. The van der Waals surface area contributed by atoms with Crippen LogP contribution in [-0.2, 0) is 0 Å². The standard InChI is InChI=1S/C13H21N5/c1-7(10-5-8-2-3-9(10)4-8)16-12-6-11(14)17-13(15)18-12/h6-10H,2-5H2,1H3,(H5,14,15,16,17,18). The molecule has 0 spiro atoms. The molecule has 2 saturated carbocycles. The average molecular weight is 247 g/mol. The van der Waals surface area contributed by atoms with Crippen LogP contribution in [0.2, 0.25) is 0 Å². The van der Waals surface area contributed by atoms with Crippen LogP contribution in [0.1, 0.15) is 32.6 Å². The van der Waals surface area contributed by atoms with E-state index in [9.17, 15) is 0 Å². The number of nitrogen functional groups attached to an aromatic ring is 2. The van der Waals surface area contributed by atoms with Gasteiger partial charge in [-0.05, 0) is 43.9 Å². The molecule has 1 aromatic rings. The molecule has 0 amide bonds. The fourth-order valence-corrected chi connectivity index (χ4v) is 3.81. The van der Waals surface area contributed by atoms with Crippen molar-refractivity contribution >= 4 is 17.6 Å². The van der Waals surface area contributed by atoms with E-state index in [1.54, 1.807) is 6.07 Å². The first-order chi connectivity index (χ1) is 8.61. The summed E-state index contributed by atoms with van der Waals surface area (Å²) in [5, 5.41) is 3.44. The second-order valence-electron chi connectivity index (χ2n) is 5.81. The summed E-state index contributed by atoms with van der Waals surface area (Å²) < 4.78 is 0. The molecule has 5 nitrogen and oxygen atoms in total. The summed E-state index contributed by atoms with van der Waals surface area (Å²) in [6.07, 6.45) is 5.61. The Kier molecular flexibility index (Phi) is 2.76. The summed E-state index contributed by atoms with van der Waals surface area (Å²) >= 11 is 0. The number of anilines is 3. The molecular formula is C13H21N5. The van der Waals surface area contributed by atoms with Crippen molar-refractivity contribution in [1.29, 1.82) is 0 Å². The van der Waals surface area contributed by atoms with Gasteiger partial charge in [0.2, 0.25) is 5.95 Å². The van der Waals surface area contributed by atoms with E-state index >= 15 is 0 Å². The molecule has 2 aliphatic rings. The molecule has 2 fully saturated rings. The van der Waals surface area contributed by atoms with E-state index in [1.165, 1.54) is 25.7 Å². The van der Waals surface area contributed by atoms with Gasteiger partial charge in [-0.25, -0.2) is 0 Å². The summed E-state index contributed by atoms with van der Waals surface area (Å²) in [7, 11) is 0. The molecule has 5 heteroatoms. The molecule has 18 heavy (non-hydrogen) atoms. The predicted molar refractivity (Wildman–Crippen MR) is 72.9 cm³/mol. The zero-order valence-corrected chi connectivity index (χ0v) is 10.8. The van der Waals surface area contributed by atoms with Crippen LogP contribution in [0.15, 0.2) is 6.07 Å². The quantitative estimate of drug-likeness (QED) is 0.758. The fraction of sp³-hybridized carbons (Fsp3) is 0.692. The third-order valence-corrected chi connectivity index (χ3v) is 4.57. The topological polar surface area (TPSA) is 89.8 Å². The van der Waals surface area contributed by atoms with Gasteiger partial charge < -0.3 is 16.8 Å². The summed E-state index contributed by atoms with van der Waals surface area (Å²) in [5.74, 6) is 4.03. The van der Waals surface area contributed by atoms with Crippen molar-refractivity contribution in [2.75, 3.05) is 16.8 Å². The predicted octanol–water partition coefficient (Wildman–Crippen LogP) is 1.88. The van der Waals surface area contributed by atoms with Crippen LogP contribution >= 0.6 is 0 Å². The fourth-order valence-electron chi connectivity index (χ4n) is 3.81. The number of hydrogen-bond donors (Lipinski definition) is 3. The Bertz CT molecular complexity index is 427. The highest BCUT2D eigenvalue weighted by Gasteiger charge is 2.41. The van der Waals surface area contributed by atoms with E-state index in [4.69, 9.17) is 11.5 Å². The van der Waals surface area contributed by atoms with Gasteiger partial charge in [0.1, 0.15) is 11.6 Å². The lowest BCUT2D eigenvalue weighted by atomic mass is 9.84. The van der Waals surface area contributed by atoms with Crippen LogP contribution in [-0.4, -0.2) is 16.0 Å². The first-order valence-electron chi connectivity index (χ1n) is 6.78. The lowest BCUT2D eigenvalue weighted by Crippen LogP contribution is -2.30. The Labute approximate surface area is 107 Å². The van der Waals surface area contributed by atoms with E-state index < -0.39 is 0 Å². The van der Waals surface area contributed by atoms with Crippen molar-refractivity contribution in [2.24, 2.45) is 17.8 Å². The molecule has 1 heterocycles. The van der Waals surface area contributed by atoms with E-state index in [-0.39, 0.29) is 5.95 Å². The number of nitrogens with zero attached hydrogens (tertiary/aromatic N) is 2. The van der Waals surface area contributed by atoms with E-state index in [2.05, 4.69) is 22.2 Å². The van der Waals surface area contributed by atoms with Gasteiger partial charge in [-0.2, -0.15) is 9.97 Å². The largest absolute Gasteiger partial charge is 0.383 e. The van der Waals surface area contributed by atoms with E-state index in [1.807, 2.05) is 0 Å². The van der Waals surface area contributed by atoms with Crippen molar-refractivity contribution in [3.63, 3.8) is 0 Å². The van der Waals surface area contributed by atoms with Crippen molar-refractivity contribution < 1.29 is 0 Å². The monoisotopic (exact) mass is 247 g/mol. The zero-order chi connectivity index (χ0) is 12.7. The Morgan fingerprint density at radius 3 is 2.72 bits per heavy atom. The lowest BCUT2D eigenvalue weighted by Gasteiger charge is -2.28. The molecule has 0 aliphatic heterocycles. The minimum absolute atomic E-state index is 0.234. The highest BCUT2D eigenvalue weighted by molar-refractivity contribution is 5.48. The Hall–Kier alpha value is -1.52. The summed E-state index contributed by atoms with van der Waals surface area (Å²) in [6.45, 7) is 2.24. The second-order valence-corrected chi connectivity index (χ2v) is 5.81. The van der Waals surface area contributed by atoms with Gasteiger partial charge in [0, 0.05) is 12.1 Å². The van der Waals surface area contributed by atoms with Crippen molar-refractivity contribution in [3.05, 3.63) is 6.07 Å². The third-order valence-electron chi connectivity index (χ3n) is 4.57. The van der Waals surface area contributed by atoms with Crippen LogP contribution in [0.4, 0.5) is 17.6 Å². The molecular weight excluding hydrogens is 226 g/mol. The summed E-state index contributed by atoms with van der Waals surface area (Å²) in [6, 6.07) is 2.18. The zero-order valence-electron chi connectivity index (χ0n) is 10.8. The van der Waals surface area contributed by atoms with Gasteiger partial charge >= 0.3 is 0 Å². The summed E-state index contributed by atoms with van der Waals surface area (Å²) in [5.41, 5.74) is 11.3. The number of aromatic nitrogens is 2. The third kappa shape index (κ3) is 2.09. The SMILES string of the molecule is CC(Nc1cc(N)nc(N)n1)C1CC2CCC1C2. The molecule has 3 rings (SSSR count). The maximum absolute atomic E-state index is 5.68. The van der Waals surface area contributed by atoms with Crippen molar-refractivity contribution in [1.82, 2.24) is 9.97 Å². The van der Waals surface area contributed by atoms with Crippen molar-refractivity contribution in [3.8, 4) is 0 Å². The first kappa shape index (κ1) is 11.6. The van der Waals surface area contributed by atoms with E-state index in [0.717, 1.165) is 23.6 Å². The molecule has 2 bridgehead atoms. The van der Waals surface area contributed by atoms with Crippen LogP contribution < -0.4 is 16.8 Å². The van der Waals surface area contributed by atoms with Crippen molar-refractivity contribution in [2.45, 2.75) is 38.6 Å². The van der Waals surface area contributed by atoms with Gasteiger partial charge in [-0.15, -0.1) is 0 Å². The van der Waals surface area contributed by atoms with Gasteiger partial charge in [-0.1, -0.05) is 6.42 Å². The average Bonchev–Trinajstić information content (AvgIpc) is 2.88. The number of nitrogens with two attached hydrogens (primary N) is 2. The number of rotatable bonds is 3. The maximum Gasteiger partial charge on any atom is 0.223 e. The molecule has 1 aromatic heterocycles. The Morgan fingerprint density at radius 2 is 2.11 bits per heavy atom. The van der Waals surface area contributed by atoms with Crippen LogP contribution in [0.3, 0.4) is 0 Å².